The van der Waals surface area contributed by atoms with E-state index < -0.39 is 28.8 Å². The summed E-state index contributed by atoms with van der Waals surface area (Å²) in [6.45, 7) is 0. The standard InChI is InChI=1S/C31H22O5/c32-26-17-21(18-27(33)30(26)35)28-24-14-8-7-13-23(24)25(29(34)31(28)36)16-15-22(19-9-3-1-4-10-19)20-11-5-2-6-12-20/h1-18,32-33,35-36H/b25-16-. The number of benzene rings is 4. The molecule has 0 heterocycles. The normalized spacial score (nSPS) is 14.0. The number of hydrogen-bond acceptors (Lipinski definition) is 5. The van der Waals surface area contributed by atoms with Crippen LogP contribution in [-0.4, -0.2) is 26.2 Å². The minimum Gasteiger partial charge on any atom is -0.504 e. The molecule has 1 aliphatic carbocycles. The van der Waals surface area contributed by atoms with E-state index in [9.17, 15) is 25.2 Å². The SMILES string of the molecule is O=C1C(O)=C(c2cc(O)c(O)c(O)c2)c2ccccc2/C1=C/C=C(c1ccccc1)c1ccccc1. The molecule has 0 fully saturated rings. The molecule has 0 aromatic heterocycles. The van der Waals surface area contributed by atoms with E-state index in [0.717, 1.165) is 16.7 Å². The van der Waals surface area contributed by atoms with Crippen molar-refractivity contribution in [2.75, 3.05) is 0 Å². The van der Waals surface area contributed by atoms with Gasteiger partial charge in [0.25, 0.3) is 0 Å². The Hall–Kier alpha value is -5.03. The zero-order valence-corrected chi connectivity index (χ0v) is 19.1. The Bertz CT molecular complexity index is 1500. The van der Waals surface area contributed by atoms with E-state index in [0.29, 0.717) is 16.7 Å². The molecule has 4 N–H and O–H groups in total. The summed E-state index contributed by atoms with van der Waals surface area (Å²) in [6.07, 6.45) is 3.57. The molecule has 0 atom stereocenters. The minimum atomic E-state index is -0.672. The first-order chi connectivity index (χ1) is 17.5. The third-order valence-corrected chi connectivity index (χ3v) is 6.13. The lowest BCUT2D eigenvalue weighted by Gasteiger charge is -2.22. The largest absolute Gasteiger partial charge is 0.504 e. The van der Waals surface area contributed by atoms with Gasteiger partial charge in [-0.1, -0.05) is 91.0 Å². The van der Waals surface area contributed by atoms with Gasteiger partial charge in [0.05, 0.1) is 0 Å². The predicted molar refractivity (Wildman–Crippen MR) is 139 cm³/mol. The number of aliphatic hydroxyl groups excluding tert-OH is 1. The molecule has 0 aliphatic heterocycles. The molecule has 4 aromatic rings. The monoisotopic (exact) mass is 474 g/mol. The average molecular weight is 475 g/mol. The molecule has 176 valence electrons. The molecule has 1 aliphatic rings. The fourth-order valence-electron chi connectivity index (χ4n) is 4.39. The molecular weight excluding hydrogens is 452 g/mol. The highest BCUT2D eigenvalue weighted by Crippen LogP contribution is 2.43. The van der Waals surface area contributed by atoms with E-state index in [4.69, 9.17) is 0 Å². The van der Waals surface area contributed by atoms with E-state index in [1.165, 1.54) is 12.1 Å². The zero-order chi connectivity index (χ0) is 25.2. The molecule has 0 radical (unpaired) electrons. The van der Waals surface area contributed by atoms with E-state index >= 15 is 0 Å². The Labute approximate surface area is 207 Å². The number of fused-ring (bicyclic) bond motifs is 1. The van der Waals surface area contributed by atoms with E-state index in [1.54, 1.807) is 30.3 Å². The summed E-state index contributed by atoms with van der Waals surface area (Å²) in [7, 11) is 0. The van der Waals surface area contributed by atoms with Crippen LogP contribution in [0.4, 0.5) is 0 Å². The van der Waals surface area contributed by atoms with Crippen LogP contribution in [0.5, 0.6) is 17.2 Å². The highest BCUT2D eigenvalue weighted by molar-refractivity contribution is 6.34. The molecule has 5 heteroatoms. The van der Waals surface area contributed by atoms with Gasteiger partial charge in [-0.25, -0.2) is 0 Å². The van der Waals surface area contributed by atoms with Crippen LogP contribution in [0.25, 0.3) is 16.7 Å². The molecule has 0 unspecified atom stereocenters. The van der Waals surface area contributed by atoms with Crippen LogP contribution < -0.4 is 0 Å². The van der Waals surface area contributed by atoms with Gasteiger partial charge < -0.3 is 20.4 Å². The van der Waals surface area contributed by atoms with Gasteiger partial charge in [-0.15, -0.1) is 0 Å². The summed E-state index contributed by atoms with van der Waals surface area (Å²) in [6, 6.07) is 29.1. The molecule has 0 bridgehead atoms. The van der Waals surface area contributed by atoms with Crippen LogP contribution in [0.1, 0.15) is 27.8 Å². The summed E-state index contributed by atoms with van der Waals surface area (Å²) in [4.78, 5) is 13.4. The molecule has 0 spiro atoms. The number of carbonyl (C=O) groups excluding carboxylic acids is 1. The minimum absolute atomic E-state index is 0.161. The lowest BCUT2D eigenvalue weighted by molar-refractivity contribution is -0.112. The van der Waals surface area contributed by atoms with Crippen molar-refractivity contribution < 1.29 is 25.2 Å². The Morgan fingerprint density at radius 2 is 1.14 bits per heavy atom. The number of aromatic hydroxyl groups is 3. The number of carbonyl (C=O) groups is 1. The molecule has 36 heavy (non-hydrogen) atoms. The van der Waals surface area contributed by atoms with Crippen LogP contribution >= 0.6 is 0 Å². The maximum absolute atomic E-state index is 13.4. The molecule has 4 aromatic carbocycles. The number of phenolic OH excluding ortho intramolecular Hbond substituents is 3. The number of allylic oxidation sites excluding steroid dienone is 3. The number of Topliss-reactive ketones (excluding diaryl/α,β-unsaturated/α-hetero) is 1. The molecular formula is C31H22O5. The van der Waals surface area contributed by atoms with Crippen molar-refractivity contribution in [3.05, 3.63) is 143 Å². The van der Waals surface area contributed by atoms with Gasteiger partial charge in [-0.05, 0) is 51.6 Å². The van der Waals surface area contributed by atoms with Gasteiger partial charge in [0, 0.05) is 11.1 Å². The summed E-state index contributed by atoms with van der Waals surface area (Å²) in [5, 5.41) is 40.7. The number of rotatable bonds is 4. The lowest BCUT2D eigenvalue weighted by Crippen LogP contribution is -2.15. The fourth-order valence-corrected chi connectivity index (χ4v) is 4.39. The number of phenols is 3. The second kappa shape index (κ2) is 9.31. The van der Waals surface area contributed by atoms with Gasteiger partial charge >= 0.3 is 0 Å². The van der Waals surface area contributed by atoms with Gasteiger partial charge in [0.1, 0.15) is 0 Å². The van der Waals surface area contributed by atoms with Crippen molar-refractivity contribution in [1.82, 2.24) is 0 Å². The highest BCUT2D eigenvalue weighted by Gasteiger charge is 2.31. The number of hydrogen-bond donors (Lipinski definition) is 4. The van der Waals surface area contributed by atoms with Crippen LogP contribution in [0.15, 0.2) is 115 Å². The molecule has 5 nitrogen and oxygen atoms in total. The summed E-state index contributed by atoms with van der Waals surface area (Å²) in [5.74, 6) is -2.90. The van der Waals surface area contributed by atoms with Gasteiger partial charge in [-0.3, -0.25) is 4.79 Å². The summed E-state index contributed by atoms with van der Waals surface area (Å²) >= 11 is 0. The number of ketones is 1. The Kier molecular flexibility index (Phi) is 5.88. The smallest absolute Gasteiger partial charge is 0.228 e. The third kappa shape index (κ3) is 4.03. The first-order valence-electron chi connectivity index (χ1n) is 11.3. The quantitative estimate of drug-likeness (QED) is 0.208. The topological polar surface area (TPSA) is 98.0 Å². The number of aliphatic hydroxyl groups is 1. The first kappa shape index (κ1) is 22.7. The van der Waals surface area contributed by atoms with Crippen molar-refractivity contribution in [1.29, 1.82) is 0 Å². The van der Waals surface area contributed by atoms with E-state index in [2.05, 4.69) is 0 Å². The first-order valence-corrected chi connectivity index (χ1v) is 11.3. The van der Waals surface area contributed by atoms with Gasteiger partial charge in [-0.2, -0.15) is 0 Å². The molecule has 5 rings (SSSR count). The Balaban J connectivity index is 1.69. The van der Waals surface area contributed by atoms with Crippen LogP contribution in [0, 0.1) is 0 Å². The lowest BCUT2D eigenvalue weighted by atomic mass is 9.81. The van der Waals surface area contributed by atoms with Crippen molar-refractivity contribution in [2.24, 2.45) is 0 Å². The highest BCUT2D eigenvalue weighted by atomic mass is 16.3. The Morgan fingerprint density at radius 3 is 1.69 bits per heavy atom. The Morgan fingerprint density at radius 1 is 0.639 bits per heavy atom. The molecule has 0 saturated heterocycles. The van der Waals surface area contributed by atoms with Crippen LogP contribution in [-0.2, 0) is 4.79 Å². The van der Waals surface area contributed by atoms with E-state index in [1.807, 2.05) is 66.7 Å². The second-order valence-corrected chi connectivity index (χ2v) is 8.35. The zero-order valence-electron chi connectivity index (χ0n) is 19.1. The predicted octanol–water partition coefficient (Wildman–Crippen LogP) is 6.22. The second-order valence-electron chi connectivity index (χ2n) is 8.35. The van der Waals surface area contributed by atoms with Crippen molar-refractivity contribution in [3.63, 3.8) is 0 Å². The van der Waals surface area contributed by atoms with Crippen molar-refractivity contribution in [2.45, 2.75) is 0 Å². The maximum atomic E-state index is 13.4. The van der Waals surface area contributed by atoms with Crippen molar-refractivity contribution in [3.8, 4) is 17.2 Å². The summed E-state index contributed by atoms with van der Waals surface area (Å²) < 4.78 is 0. The fraction of sp³-hybridized carbons (Fsp3) is 0. The van der Waals surface area contributed by atoms with Crippen LogP contribution in [0.2, 0.25) is 0 Å². The van der Waals surface area contributed by atoms with Gasteiger partial charge in [0.2, 0.25) is 5.78 Å². The van der Waals surface area contributed by atoms with Crippen molar-refractivity contribution >= 4 is 22.5 Å². The average Bonchev–Trinajstić information content (AvgIpc) is 2.90. The van der Waals surface area contributed by atoms with E-state index in [-0.39, 0.29) is 11.1 Å². The molecule has 0 amide bonds. The molecule has 0 saturated carbocycles. The summed E-state index contributed by atoms with van der Waals surface area (Å²) in [5.41, 5.74) is 4.69. The maximum Gasteiger partial charge on any atom is 0.228 e. The third-order valence-electron chi connectivity index (χ3n) is 6.13. The van der Waals surface area contributed by atoms with Crippen LogP contribution in [0.3, 0.4) is 0 Å². The van der Waals surface area contributed by atoms with Gasteiger partial charge in [0.15, 0.2) is 23.0 Å².